The molecule has 0 radical (unpaired) electrons. The molecular weight excluding hydrogens is 698 g/mol. The Hall–Kier alpha value is -0.650. The molecule has 1 aliphatic rings. The number of nitrogens with zero attached hydrogens (tertiary/aromatic N) is 1. The SMILES string of the molecule is CCc1nc2c(o1)C(=O)C(Sc1ccc(Br)c(Br)c1)=C(Sc1ccc(Br)c(Br)c1)C2=O. The predicted octanol–water partition coefficient (Wildman–Crippen LogP) is 8.46. The molecule has 10 heteroatoms. The van der Waals surface area contributed by atoms with Crippen molar-refractivity contribution in [3.63, 3.8) is 0 Å². The molecule has 0 N–H and O–H groups in total. The largest absolute Gasteiger partial charge is 0.436 e. The van der Waals surface area contributed by atoms with Crippen LogP contribution < -0.4 is 0 Å². The lowest BCUT2D eigenvalue weighted by molar-refractivity contribution is 0.0967. The normalized spacial score (nSPS) is 13.7. The summed E-state index contributed by atoms with van der Waals surface area (Å²) in [6.45, 7) is 1.86. The van der Waals surface area contributed by atoms with Crippen LogP contribution in [-0.4, -0.2) is 16.6 Å². The number of aryl methyl sites for hydroxylation is 1. The van der Waals surface area contributed by atoms with E-state index in [-0.39, 0.29) is 23.0 Å². The number of oxazole rings is 1. The second kappa shape index (κ2) is 9.69. The molecule has 0 amide bonds. The van der Waals surface area contributed by atoms with Gasteiger partial charge in [0.1, 0.15) is 0 Å². The molecule has 0 saturated carbocycles. The quantitative estimate of drug-likeness (QED) is 0.265. The van der Waals surface area contributed by atoms with Crippen LogP contribution in [0.2, 0.25) is 0 Å². The van der Waals surface area contributed by atoms with Gasteiger partial charge in [-0.05, 0) is 100 Å². The van der Waals surface area contributed by atoms with E-state index in [2.05, 4.69) is 68.7 Å². The molecule has 0 unspecified atom stereocenters. The Morgan fingerprint density at radius 2 is 1.32 bits per heavy atom. The average Bonchev–Trinajstić information content (AvgIpc) is 3.19. The van der Waals surface area contributed by atoms with Gasteiger partial charge in [0.05, 0.1) is 9.81 Å². The number of benzene rings is 2. The third kappa shape index (κ3) is 4.84. The number of carbonyl (C=O) groups excluding carboxylic acids is 2. The monoisotopic (exact) mass is 705 g/mol. The topological polar surface area (TPSA) is 60.2 Å². The second-order valence-electron chi connectivity index (χ2n) is 6.31. The Kier molecular flexibility index (Phi) is 7.34. The first-order chi connectivity index (χ1) is 14.8. The van der Waals surface area contributed by atoms with Crippen LogP contribution in [0.5, 0.6) is 0 Å². The first-order valence-corrected chi connectivity index (χ1v) is 13.7. The van der Waals surface area contributed by atoms with Crippen molar-refractivity contribution < 1.29 is 14.0 Å². The Balaban J connectivity index is 1.82. The van der Waals surface area contributed by atoms with Gasteiger partial charge in [0, 0.05) is 34.1 Å². The first kappa shape index (κ1) is 23.5. The van der Waals surface area contributed by atoms with E-state index in [1.807, 2.05) is 43.3 Å². The predicted molar refractivity (Wildman–Crippen MR) is 137 cm³/mol. The smallest absolute Gasteiger partial charge is 0.238 e. The van der Waals surface area contributed by atoms with Crippen LogP contribution in [0.1, 0.15) is 33.9 Å². The molecule has 0 bridgehead atoms. The molecular formula is C21H11Br4NO3S2. The van der Waals surface area contributed by atoms with Crippen LogP contribution in [0.25, 0.3) is 0 Å². The summed E-state index contributed by atoms with van der Waals surface area (Å²) >= 11 is 16.4. The van der Waals surface area contributed by atoms with Crippen molar-refractivity contribution in [2.75, 3.05) is 0 Å². The Bertz CT molecular complexity index is 1180. The lowest BCUT2D eigenvalue weighted by Gasteiger charge is -2.17. The Morgan fingerprint density at radius 1 is 0.806 bits per heavy atom. The lowest BCUT2D eigenvalue weighted by atomic mass is 10.1. The molecule has 1 aromatic heterocycles. The zero-order valence-electron chi connectivity index (χ0n) is 15.7. The Morgan fingerprint density at radius 3 is 1.81 bits per heavy atom. The van der Waals surface area contributed by atoms with Crippen LogP contribution in [0.15, 0.2) is 78.3 Å². The number of allylic oxidation sites excluding steroid dienone is 2. The standard InChI is InChI=1S/C21H11Br4NO3S2/c1-2-15-26-16-17(27)20(30-9-3-5-11(22)13(24)7-9)21(18(28)19(16)29-15)31-10-4-6-12(23)14(25)8-10/h3-8H,2H2,1H3. The van der Waals surface area contributed by atoms with Gasteiger partial charge in [0.15, 0.2) is 11.6 Å². The van der Waals surface area contributed by atoms with Gasteiger partial charge in [-0.2, -0.15) is 0 Å². The summed E-state index contributed by atoms with van der Waals surface area (Å²) in [5, 5.41) is 0. The highest BCUT2D eigenvalue weighted by Crippen LogP contribution is 2.45. The van der Waals surface area contributed by atoms with Crippen molar-refractivity contribution >= 4 is 98.8 Å². The van der Waals surface area contributed by atoms with Crippen LogP contribution in [0.4, 0.5) is 0 Å². The van der Waals surface area contributed by atoms with E-state index in [0.717, 1.165) is 27.7 Å². The van der Waals surface area contributed by atoms with E-state index in [0.29, 0.717) is 22.1 Å². The number of carbonyl (C=O) groups is 2. The van der Waals surface area contributed by atoms with Crippen molar-refractivity contribution in [3.05, 3.63) is 81.4 Å². The maximum atomic E-state index is 13.4. The molecule has 4 rings (SSSR count). The third-order valence-corrected chi connectivity index (χ3v) is 10.3. The van der Waals surface area contributed by atoms with Crippen molar-refractivity contribution in [3.8, 4) is 0 Å². The van der Waals surface area contributed by atoms with Crippen LogP contribution in [0, 0.1) is 0 Å². The number of aromatic nitrogens is 1. The second-order valence-corrected chi connectivity index (χ2v) is 11.9. The van der Waals surface area contributed by atoms with Gasteiger partial charge in [-0.15, -0.1) is 0 Å². The van der Waals surface area contributed by atoms with Crippen molar-refractivity contribution in [1.29, 1.82) is 0 Å². The maximum Gasteiger partial charge on any atom is 0.238 e. The molecule has 3 aromatic rings. The summed E-state index contributed by atoms with van der Waals surface area (Å²) in [4.78, 5) is 33.3. The van der Waals surface area contributed by atoms with E-state index < -0.39 is 0 Å². The number of thioether (sulfide) groups is 2. The number of fused-ring (bicyclic) bond motifs is 1. The van der Waals surface area contributed by atoms with E-state index in [4.69, 9.17) is 4.42 Å². The lowest BCUT2D eigenvalue weighted by Crippen LogP contribution is -2.18. The highest BCUT2D eigenvalue weighted by Gasteiger charge is 2.38. The molecule has 1 heterocycles. The van der Waals surface area contributed by atoms with Gasteiger partial charge in [0.2, 0.25) is 17.3 Å². The van der Waals surface area contributed by atoms with Gasteiger partial charge in [-0.25, -0.2) is 4.98 Å². The van der Waals surface area contributed by atoms with E-state index >= 15 is 0 Å². The number of rotatable bonds is 5. The summed E-state index contributed by atoms with van der Waals surface area (Å²) in [5.41, 5.74) is 0.0851. The van der Waals surface area contributed by atoms with Gasteiger partial charge in [-0.1, -0.05) is 30.4 Å². The first-order valence-electron chi connectivity index (χ1n) is 8.87. The third-order valence-electron chi connectivity index (χ3n) is 4.24. The van der Waals surface area contributed by atoms with Crippen molar-refractivity contribution in [2.24, 2.45) is 0 Å². The number of hydrogen-bond acceptors (Lipinski definition) is 6. The fourth-order valence-electron chi connectivity index (χ4n) is 2.74. The summed E-state index contributed by atoms with van der Waals surface area (Å²) in [5.74, 6) is -0.243. The summed E-state index contributed by atoms with van der Waals surface area (Å²) < 4.78 is 9.12. The minimum atomic E-state index is -0.329. The van der Waals surface area contributed by atoms with Gasteiger partial charge in [-0.3, -0.25) is 9.59 Å². The van der Waals surface area contributed by atoms with Gasteiger partial charge < -0.3 is 4.42 Å². The zero-order chi connectivity index (χ0) is 22.3. The van der Waals surface area contributed by atoms with Crippen LogP contribution in [-0.2, 0) is 6.42 Å². The van der Waals surface area contributed by atoms with E-state index in [1.54, 1.807) is 0 Å². The highest BCUT2D eigenvalue weighted by atomic mass is 79.9. The fraction of sp³-hybridized carbons (Fsp3) is 0.0952. The number of hydrogen-bond donors (Lipinski definition) is 0. The highest BCUT2D eigenvalue weighted by molar-refractivity contribution is 9.13. The minimum Gasteiger partial charge on any atom is -0.436 e. The molecule has 0 fully saturated rings. The number of Topliss-reactive ketones (excluding diaryl/α,β-unsaturated/α-hetero) is 2. The Labute approximate surface area is 220 Å². The molecule has 4 nitrogen and oxygen atoms in total. The molecule has 0 spiro atoms. The van der Waals surface area contributed by atoms with Crippen molar-refractivity contribution in [2.45, 2.75) is 23.1 Å². The van der Waals surface area contributed by atoms with Crippen LogP contribution >= 0.6 is 87.2 Å². The maximum absolute atomic E-state index is 13.4. The molecule has 0 aliphatic heterocycles. The molecule has 1 aliphatic carbocycles. The van der Waals surface area contributed by atoms with E-state index in [1.165, 1.54) is 23.5 Å². The van der Waals surface area contributed by atoms with Crippen LogP contribution in [0.3, 0.4) is 0 Å². The number of ketones is 2. The molecule has 158 valence electrons. The van der Waals surface area contributed by atoms with Gasteiger partial charge in [0.25, 0.3) is 0 Å². The van der Waals surface area contributed by atoms with Gasteiger partial charge >= 0.3 is 0 Å². The summed E-state index contributed by atoms with van der Waals surface area (Å²) in [6, 6.07) is 11.3. The molecule has 0 atom stereocenters. The zero-order valence-corrected chi connectivity index (χ0v) is 23.6. The molecule has 31 heavy (non-hydrogen) atoms. The summed E-state index contributed by atoms with van der Waals surface area (Å²) in [7, 11) is 0. The van der Waals surface area contributed by atoms with Crippen molar-refractivity contribution in [1.82, 2.24) is 4.98 Å². The molecule has 2 aromatic carbocycles. The average molecular weight is 709 g/mol. The van der Waals surface area contributed by atoms with E-state index in [9.17, 15) is 9.59 Å². The summed E-state index contributed by atoms with van der Waals surface area (Å²) in [6.07, 6.45) is 0.498. The minimum absolute atomic E-state index is 0.0156. The molecule has 0 saturated heterocycles. The number of halogens is 4. The fourth-order valence-corrected chi connectivity index (χ4v) is 6.39.